The third-order valence-corrected chi connectivity index (χ3v) is 2.50. The minimum absolute atomic E-state index is 1.19. The standard InChI is InChI=1S/C9H10.C6H15N/c1-2-6-9-7-4-3-5-8-9;1-4-7(5-2)6-3/h2-8H,1H3;4-6H2,1-3H3. The van der Waals surface area contributed by atoms with E-state index < -0.39 is 0 Å². The Labute approximate surface area is 101 Å². The summed E-state index contributed by atoms with van der Waals surface area (Å²) in [5, 5.41) is 0. The molecule has 0 atom stereocenters. The molecule has 0 aliphatic heterocycles. The van der Waals surface area contributed by atoms with Gasteiger partial charge in [-0.2, -0.15) is 0 Å². The van der Waals surface area contributed by atoms with Gasteiger partial charge in [-0.15, -0.1) is 0 Å². The van der Waals surface area contributed by atoms with Gasteiger partial charge < -0.3 is 4.90 Å². The molecule has 90 valence electrons. The first-order valence-electron chi connectivity index (χ1n) is 6.18. The highest BCUT2D eigenvalue weighted by atomic mass is 15.1. The summed E-state index contributed by atoms with van der Waals surface area (Å²) in [6.45, 7) is 12.1. The van der Waals surface area contributed by atoms with E-state index in [1.165, 1.54) is 25.2 Å². The molecule has 0 unspecified atom stereocenters. The molecule has 0 aliphatic carbocycles. The Balaban J connectivity index is 0.000000293. The molecule has 0 aromatic heterocycles. The van der Waals surface area contributed by atoms with E-state index >= 15 is 0 Å². The lowest BCUT2D eigenvalue weighted by Gasteiger charge is -2.13. The normalized spacial score (nSPS) is 10.3. The molecular formula is C15H25N. The van der Waals surface area contributed by atoms with Crippen molar-refractivity contribution < 1.29 is 0 Å². The SMILES string of the molecule is CC=Cc1ccccc1.CCN(CC)CC. The van der Waals surface area contributed by atoms with Gasteiger partial charge >= 0.3 is 0 Å². The Morgan fingerprint density at radius 2 is 1.44 bits per heavy atom. The first-order chi connectivity index (χ1) is 7.78. The molecule has 0 heterocycles. The van der Waals surface area contributed by atoms with E-state index in [4.69, 9.17) is 0 Å². The van der Waals surface area contributed by atoms with Gasteiger partial charge in [0, 0.05) is 0 Å². The molecule has 0 aliphatic rings. The predicted molar refractivity (Wildman–Crippen MR) is 74.6 cm³/mol. The van der Waals surface area contributed by atoms with Gasteiger partial charge in [-0.1, -0.05) is 63.3 Å². The van der Waals surface area contributed by atoms with Gasteiger partial charge in [0.15, 0.2) is 0 Å². The minimum Gasteiger partial charge on any atom is -0.304 e. The van der Waals surface area contributed by atoms with Crippen LogP contribution in [0.4, 0.5) is 0 Å². The summed E-state index contributed by atoms with van der Waals surface area (Å²) in [6, 6.07) is 10.3. The van der Waals surface area contributed by atoms with Crippen LogP contribution in [0.15, 0.2) is 36.4 Å². The highest BCUT2D eigenvalue weighted by Crippen LogP contribution is 1.99. The van der Waals surface area contributed by atoms with Crippen molar-refractivity contribution in [2.75, 3.05) is 19.6 Å². The van der Waals surface area contributed by atoms with Crippen LogP contribution in [0.3, 0.4) is 0 Å². The van der Waals surface area contributed by atoms with Crippen LogP contribution in [-0.4, -0.2) is 24.5 Å². The molecule has 16 heavy (non-hydrogen) atoms. The Bertz CT molecular complexity index is 255. The van der Waals surface area contributed by atoms with Crippen molar-refractivity contribution in [3.05, 3.63) is 42.0 Å². The first kappa shape index (κ1) is 14.9. The minimum atomic E-state index is 1.19. The van der Waals surface area contributed by atoms with E-state index in [9.17, 15) is 0 Å². The summed E-state index contributed by atoms with van der Waals surface area (Å²) in [5.74, 6) is 0. The molecule has 1 rings (SSSR count). The van der Waals surface area contributed by atoms with Crippen molar-refractivity contribution in [1.29, 1.82) is 0 Å². The highest BCUT2D eigenvalue weighted by molar-refractivity contribution is 5.47. The van der Waals surface area contributed by atoms with E-state index in [1.54, 1.807) is 0 Å². The van der Waals surface area contributed by atoms with Crippen molar-refractivity contribution in [1.82, 2.24) is 4.90 Å². The van der Waals surface area contributed by atoms with Crippen LogP contribution >= 0.6 is 0 Å². The van der Waals surface area contributed by atoms with Gasteiger partial charge in [-0.05, 0) is 32.1 Å². The fourth-order valence-electron chi connectivity index (χ4n) is 1.43. The van der Waals surface area contributed by atoms with Crippen molar-refractivity contribution in [3.63, 3.8) is 0 Å². The molecule has 1 heteroatoms. The van der Waals surface area contributed by atoms with Crippen molar-refractivity contribution >= 4 is 6.08 Å². The quantitative estimate of drug-likeness (QED) is 0.738. The fraction of sp³-hybridized carbons (Fsp3) is 0.467. The van der Waals surface area contributed by atoms with E-state index in [0.29, 0.717) is 0 Å². The number of rotatable bonds is 4. The van der Waals surface area contributed by atoms with Crippen molar-refractivity contribution in [3.8, 4) is 0 Å². The zero-order valence-electron chi connectivity index (χ0n) is 11.1. The molecule has 0 N–H and O–H groups in total. The molecule has 0 fully saturated rings. The van der Waals surface area contributed by atoms with Crippen molar-refractivity contribution in [2.45, 2.75) is 27.7 Å². The Kier molecular flexibility index (Phi) is 9.73. The zero-order valence-corrected chi connectivity index (χ0v) is 11.1. The molecule has 0 saturated carbocycles. The molecule has 0 bridgehead atoms. The van der Waals surface area contributed by atoms with E-state index in [0.717, 1.165) is 0 Å². The second kappa shape index (κ2) is 10.4. The fourth-order valence-corrected chi connectivity index (χ4v) is 1.43. The number of hydrogen-bond acceptors (Lipinski definition) is 1. The second-order valence-corrected chi connectivity index (χ2v) is 3.53. The summed E-state index contributed by atoms with van der Waals surface area (Å²) in [6.07, 6.45) is 4.12. The Hall–Kier alpha value is -1.08. The zero-order chi connectivity index (χ0) is 12.2. The largest absolute Gasteiger partial charge is 0.304 e. The summed E-state index contributed by atoms with van der Waals surface area (Å²) < 4.78 is 0. The maximum atomic E-state index is 2.38. The van der Waals surface area contributed by atoms with E-state index in [-0.39, 0.29) is 0 Å². The lowest BCUT2D eigenvalue weighted by Crippen LogP contribution is -2.21. The smallest absolute Gasteiger partial charge is 0.00474 e. The first-order valence-corrected chi connectivity index (χ1v) is 6.18. The second-order valence-electron chi connectivity index (χ2n) is 3.53. The molecule has 0 radical (unpaired) electrons. The lowest BCUT2D eigenvalue weighted by molar-refractivity contribution is 0.321. The summed E-state index contributed by atoms with van der Waals surface area (Å²) in [5.41, 5.74) is 1.26. The average molecular weight is 219 g/mol. The van der Waals surface area contributed by atoms with Crippen LogP contribution < -0.4 is 0 Å². The lowest BCUT2D eigenvalue weighted by atomic mass is 10.2. The van der Waals surface area contributed by atoms with Crippen LogP contribution in [-0.2, 0) is 0 Å². The van der Waals surface area contributed by atoms with Crippen LogP contribution in [0.5, 0.6) is 0 Å². The molecule has 0 saturated heterocycles. The summed E-state index contributed by atoms with van der Waals surface area (Å²) in [7, 11) is 0. The summed E-state index contributed by atoms with van der Waals surface area (Å²) in [4.78, 5) is 2.38. The number of nitrogens with zero attached hydrogens (tertiary/aromatic N) is 1. The monoisotopic (exact) mass is 219 g/mol. The molecular weight excluding hydrogens is 194 g/mol. The van der Waals surface area contributed by atoms with Gasteiger partial charge in [-0.25, -0.2) is 0 Å². The number of benzene rings is 1. The van der Waals surface area contributed by atoms with E-state index in [2.05, 4.69) is 43.9 Å². The molecule has 0 amide bonds. The maximum Gasteiger partial charge on any atom is -0.00474 e. The predicted octanol–water partition coefficient (Wildman–Crippen LogP) is 4.07. The molecule has 0 spiro atoms. The van der Waals surface area contributed by atoms with Gasteiger partial charge in [-0.3, -0.25) is 0 Å². The molecule has 1 aromatic carbocycles. The van der Waals surface area contributed by atoms with Crippen LogP contribution in [0.2, 0.25) is 0 Å². The molecule has 1 nitrogen and oxygen atoms in total. The topological polar surface area (TPSA) is 3.24 Å². The van der Waals surface area contributed by atoms with Gasteiger partial charge in [0.25, 0.3) is 0 Å². The molecule has 1 aromatic rings. The summed E-state index contributed by atoms with van der Waals surface area (Å²) >= 11 is 0. The average Bonchev–Trinajstić information content (AvgIpc) is 2.34. The van der Waals surface area contributed by atoms with Gasteiger partial charge in [0.1, 0.15) is 0 Å². The van der Waals surface area contributed by atoms with Crippen LogP contribution in [0.25, 0.3) is 6.08 Å². The third-order valence-electron chi connectivity index (χ3n) is 2.50. The van der Waals surface area contributed by atoms with Gasteiger partial charge in [0.2, 0.25) is 0 Å². The highest BCUT2D eigenvalue weighted by Gasteiger charge is 1.89. The van der Waals surface area contributed by atoms with Gasteiger partial charge in [0.05, 0.1) is 0 Å². The van der Waals surface area contributed by atoms with Crippen molar-refractivity contribution in [2.24, 2.45) is 0 Å². The van der Waals surface area contributed by atoms with Crippen LogP contribution in [0.1, 0.15) is 33.3 Å². The van der Waals surface area contributed by atoms with E-state index in [1.807, 2.05) is 31.2 Å². The number of hydrogen-bond donors (Lipinski definition) is 0. The maximum absolute atomic E-state index is 2.38. The number of allylic oxidation sites excluding steroid dienone is 1. The Morgan fingerprint density at radius 1 is 0.938 bits per heavy atom. The third kappa shape index (κ3) is 7.24. The van der Waals surface area contributed by atoms with Crippen LogP contribution in [0, 0.1) is 0 Å². The Morgan fingerprint density at radius 3 is 1.75 bits per heavy atom.